The molecule has 1 aromatic heterocycles. The summed E-state index contributed by atoms with van der Waals surface area (Å²) in [5.74, 6) is 0.101. The molecule has 0 saturated heterocycles. The average Bonchev–Trinajstić information content (AvgIpc) is 3.16. The Morgan fingerprint density at radius 1 is 1.10 bits per heavy atom. The van der Waals surface area contributed by atoms with Crippen LogP contribution in [0.5, 0.6) is 5.75 Å². The smallest absolute Gasteiger partial charge is 0.262 e. The van der Waals surface area contributed by atoms with Crippen LogP contribution in [0.2, 0.25) is 0 Å². The van der Waals surface area contributed by atoms with Gasteiger partial charge in [0.25, 0.3) is 5.91 Å². The molecule has 30 heavy (non-hydrogen) atoms. The van der Waals surface area contributed by atoms with Gasteiger partial charge in [0.1, 0.15) is 5.52 Å². The van der Waals surface area contributed by atoms with Crippen LogP contribution < -0.4 is 10.1 Å². The number of carbonyl (C=O) groups excluding carboxylic acids is 1. The predicted octanol–water partition coefficient (Wildman–Crippen LogP) is 5.77. The topological polar surface area (TPSA) is 64.4 Å². The van der Waals surface area contributed by atoms with Crippen LogP contribution in [0.25, 0.3) is 22.6 Å². The molecule has 0 bridgehead atoms. The van der Waals surface area contributed by atoms with E-state index in [9.17, 15) is 9.18 Å². The summed E-state index contributed by atoms with van der Waals surface area (Å²) < 4.78 is 24.6. The van der Waals surface area contributed by atoms with E-state index >= 15 is 0 Å². The molecule has 0 aliphatic rings. The molecule has 6 heteroatoms. The molecular weight excluding hydrogens is 383 g/mol. The number of fused-ring (bicyclic) bond motifs is 1. The number of nitrogens with one attached hydrogen (secondary N) is 1. The molecule has 152 valence electrons. The van der Waals surface area contributed by atoms with Crippen molar-refractivity contribution >= 4 is 22.7 Å². The van der Waals surface area contributed by atoms with Crippen LogP contribution in [0.15, 0.2) is 71.1 Å². The van der Waals surface area contributed by atoms with Crippen molar-refractivity contribution in [3.05, 3.63) is 78.1 Å². The van der Waals surface area contributed by atoms with E-state index in [4.69, 9.17) is 9.15 Å². The van der Waals surface area contributed by atoms with E-state index < -0.39 is 11.7 Å². The van der Waals surface area contributed by atoms with Crippen molar-refractivity contribution < 1.29 is 18.3 Å². The van der Waals surface area contributed by atoms with Gasteiger partial charge in [0.2, 0.25) is 5.89 Å². The number of benzene rings is 3. The molecule has 1 heterocycles. The van der Waals surface area contributed by atoms with Crippen LogP contribution in [-0.4, -0.2) is 17.5 Å². The molecule has 4 aromatic rings. The largest absolute Gasteiger partial charge is 0.481 e. The minimum absolute atomic E-state index is 0.0349. The van der Waals surface area contributed by atoms with E-state index in [2.05, 4.69) is 36.3 Å². The Labute approximate surface area is 173 Å². The molecule has 0 fully saturated rings. The molecule has 5 nitrogen and oxygen atoms in total. The van der Waals surface area contributed by atoms with Crippen LogP contribution in [0, 0.1) is 5.82 Å². The van der Waals surface area contributed by atoms with E-state index in [1.165, 1.54) is 17.7 Å². The third-order valence-corrected chi connectivity index (χ3v) is 4.69. The van der Waals surface area contributed by atoms with E-state index in [-0.39, 0.29) is 12.4 Å². The highest BCUT2D eigenvalue weighted by atomic mass is 19.1. The second-order valence-electron chi connectivity index (χ2n) is 7.25. The normalized spacial score (nSPS) is 11.1. The van der Waals surface area contributed by atoms with Crippen LogP contribution in [0.4, 0.5) is 10.1 Å². The number of nitrogens with zero attached hydrogens (tertiary/aromatic N) is 1. The van der Waals surface area contributed by atoms with Gasteiger partial charge in [0.05, 0.1) is 0 Å². The summed E-state index contributed by atoms with van der Waals surface area (Å²) in [6, 6.07) is 19.3. The van der Waals surface area contributed by atoms with Crippen molar-refractivity contribution in [1.29, 1.82) is 0 Å². The lowest BCUT2D eigenvalue weighted by Crippen LogP contribution is -2.20. The van der Waals surface area contributed by atoms with Crippen molar-refractivity contribution in [2.45, 2.75) is 19.8 Å². The Bertz CT molecular complexity index is 1180. The maximum absolute atomic E-state index is 13.6. The first kappa shape index (κ1) is 19.6. The molecule has 0 saturated carbocycles. The first-order valence-corrected chi connectivity index (χ1v) is 9.68. The highest BCUT2D eigenvalue weighted by Gasteiger charge is 2.11. The van der Waals surface area contributed by atoms with Gasteiger partial charge in [-0.15, -0.1) is 0 Å². The van der Waals surface area contributed by atoms with Gasteiger partial charge in [-0.1, -0.05) is 38.1 Å². The first-order valence-electron chi connectivity index (χ1n) is 9.68. The number of hydrogen-bond acceptors (Lipinski definition) is 4. The van der Waals surface area contributed by atoms with Gasteiger partial charge in [0.15, 0.2) is 23.8 Å². The van der Waals surface area contributed by atoms with Gasteiger partial charge in [-0.2, -0.15) is 0 Å². The zero-order valence-electron chi connectivity index (χ0n) is 16.7. The van der Waals surface area contributed by atoms with Crippen LogP contribution in [0.3, 0.4) is 0 Å². The minimum atomic E-state index is -0.511. The number of carbonyl (C=O) groups is 1. The molecule has 0 atom stereocenters. The van der Waals surface area contributed by atoms with Crippen molar-refractivity contribution in [3.8, 4) is 17.2 Å². The van der Waals surface area contributed by atoms with Crippen molar-refractivity contribution in [2.75, 3.05) is 11.9 Å². The van der Waals surface area contributed by atoms with Crippen LogP contribution >= 0.6 is 0 Å². The Balaban J connectivity index is 1.45. The zero-order chi connectivity index (χ0) is 21.1. The predicted molar refractivity (Wildman–Crippen MR) is 114 cm³/mol. The van der Waals surface area contributed by atoms with Gasteiger partial charge < -0.3 is 14.5 Å². The Morgan fingerprint density at radius 3 is 2.60 bits per heavy atom. The lowest BCUT2D eigenvalue weighted by molar-refractivity contribution is -0.118. The Morgan fingerprint density at radius 2 is 1.87 bits per heavy atom. The number of amides is 1. The van der Waals surface area contributed by atoms with E-state index in [0.717, 1.165) is 5.56 Å². The fourth-order valence-corrected chi connectivity index (χ4v) is 3.04. The summed E-state index contributed by atoms with van der Waals surface area (Å²) in [6.07, 6.45) is 0. The summed E-state index contributed by atoms with van der Waals surface area (Å²) in [7, 11) is 0. The Kier molecular flexibility index (Phi) is 5.48. The van der Waals surface area contributed by atoms with Crippen molar-refractivity contribution in [2.24, 2.45) is 0 Å². The highest BCUT2D eigenvalue weighted by molar-refractivity contribution is 5.94. The molecule has 4 rings (SSSR count). The number of para-hydroxylation sites is 1. The summed E-state index contributed by atoms with van der Waals surface area (Å²) in [4.78, 5) is 16.7. The second kappa shape index (κ2) is 8.37. The monoisotopic (exact) mass is 404 g/mol. The zero-order valence-corrected chi connectivity index (χ0v) is 16.7. The number of ether oxygens (including phenoxy) is 1. The highest BCUT2D eigenvalue weighted by Crippen LogP contribution is 2.27. The summed E-state index contributed by atoms with van der Waals surface area (Å²) in [5, 5.41) is 2.72. The number of aromatic nitrogens is 1. The van der Waals surface area contributed by atoms with Crippen molar-refractivity contribution in [1.82, 2.24) is 4.98 Å². The Hall–Kier alpha value is -3.67. The lowest BCUT2D eigenvalue weighted by Gasteiger charge is -2.08. The van der Waals surface area contributed by atoms with Gasteiger partial charge in [-0.25, -0.2) is 9.37 Å². The quantitative estimate of drug-likeness (QED) is 0.443. The van der Waals surface area contributed by atoms with Gasteiger partial charge in [-0.3, -0.25) is 4.79 Å². The van der Waals surface area contributed by atoms with Crippen LogP contribution in [0.1, 0.15) is 25.3 Å². The fourth-order valence-electron chi connectivity index (χ4n) is 3.04. The first-order chi connectivity index (χ1) is 14.5. The molecule has 0 aliphatic heterocycles. The summed E-state index contributed by atoms with van der Waals surface area (Å²) in [5.41, 5.74) is 3.95. The molecule has 0 spiro atoms. The third kappa shape index (κ3) is 4.33. The van der Waals surface area contributed by atoms with Crippen LogP contribution in [-0.2, 0) is 4.79 Å². The number of hydrogen-bond donors (Lipinski definition) is 1. The number of oxazole rings is 1. The van der Waals surface area contributed by atoms with Crippen molar-refractivity contribution in [3.63, 3.8) is 0 Å². The SMILES string of the molecule is CC(C)c1ccc(-c2nc3cc(NC(=O)COc4ccccc4F)ccc3o2)cc1. The second-order valence-corrected chi connectivity index (χ2v) is 7.25. The molecular formula is C24H21FN2O3. The number of anilines is 1. The maximum Gasteiger partial charge on any atom is 0.262 e. The van der Waals surface area contributed by atoms with E-state index in [0.29, 0.717) is 28.6 Å². The maximum atomic E-state index is 13.6. The molecule has 3 aromatic carbocycles. The summed E-state index contributed by atoms with van der Waals surface area (Å²) >= 11 is 0. The van der Waals surface area contributed by atoms with Gasteiger partial charge >= 0.3 is 0 Å². The number of rotatable bonds is 6. The third-order valence-electron chi connectivity index (χ3n) is 4.69. The molecule has 0 radical (unpaired) electrons. The fraction of sp³-hybridized carbons (Fsp3) is 0.167. The van der Waals surface area contributed by atoms with E-state index in [1.54, 1.807) is 30.3 Å². The standard InChI is InChI=1S/C24H21FN2O3/c1-15(2)16-7-9-17(10-8-16)24-27-20-13-18(11-12-22(20)30-24)26-23(28)14-29-21-6-4-3-5-19(21)25/h3-13,15H,14H2,1-2H3,(H,26,28). The number of halogens is 1. The van der Waals surface area contributed by atoms with E-state index in [1.807, 2.05) is 12.1 Å². The lowest BCUT2D eigenvalue weighted by atomic mass is 10.0. The minimum Gasteiger partial charge on any atom is -0.481 e. The molecule has 1 N–H and O–H groups in total. The average molecular weight is 404 g/mol. The molecule has 0 unspecified atom stereocenters. The van der Waals surface area contributed by atoms with Gasteiger partial charge in [-0.05, 0) is 53.9 Å². The summed E-state index contributed by atoms with van der Waals surface area (Å²) in [6.45, 7) is 3.99. The molecule has 1 amide bonds. The molecule has 0 aliphatic carbocycles. The van der Waals surface area contributed by atoms with Gasteiger partial charge in [0, 0.05) is 11.3 Å².